The second-order valence-electron chi connectivity index (χ2n) is 3.22. The van der Waals surface area contributed by atoms with Gasteiger partial charge in [0.15, 0.2) is 11.8 Å². The molecule has 4 nitrogen and oxygen atoms in total. The van der Waals surface area contributed by atoms with E-state index in [1.165, 1.54) is 0 Å². The van der Waals surface area contributed by atoms with Gasteiger partial charge >= 0.3 is 0 Å². The molecule has 0 aromatic heterocycles. The largest absolute Gasteiger partial charge is 0.395 e. The van der Waals surface area contributed by atoms with Crippen LogP contribution in [0.3, 0.4) is 0 Å². The number of benzene rings is 1. The molecule has 0 radical (unpaired) electrons. The maximum atomic E-state index is 13.8. The maximum Gasteiger partial charge on any atom is 0.196 e. The zero-order valence-corrected chi connectivity index (χ0v) is 11.3. The Morgan fingerprint density at radius 1 is 1.44 bits per heavy atom. The summed E-state index contributed by atoms with van der Waals surface area (Å²) in [7, 11) is 0. The summed E-state index contributed by atoms with van der Waals surface area (Å²) in [5, 5.41) is 5.85. The Morgan fingerprint density at radius 2 is 2.19 bits per heavy atom. The lowest BCUT2D eigenvalue weighted by atomic mass is 10.2. The summed E-state index contributed by atoms with van der Waals surface area (Å²) in [4.78, 5) is 4.12. The number of hydrogen-bond acceptors (Lipinski definition) is 4. The summed E-state index contributed by atoms with van der Waals surface area (Å²) in [5.41, 5.74) is 5.94. The molecule has 0 bridgehead atoms. The molecule has 7 heteroatoms. The van der Waals surface area contributed by atoms with Crippen LogP contribution in [0.4, 0.5) is 15.8 Å². The number of anilines is 2. The van der Waals surface area contributed by atoms with Gasteiger partial charge in [0, 0.05) is 15.5 Å². The zero-order valence-electron chi connectivity index (χ0n) is 8.15. The fourth-order valence-corrected chi connectivity index (χ4v) is 2.53. The second-order valence-corrected chi connectivity index (χ2v) is 4.93. The van der Waals surface area contributed by atoms with Crippen molar-refractivity contribution in [1.82, 2.24) is 5.32 Å². The van der Waals surface area contributed by atoms with Gasteiger partial charge in [0.2, 0.25) is 0 Å². The minimum atomic E-state index is -0.502. The third-order valence-electron chi connectivity index (χ3n) is 2.12. The van der Waals surface area contributed by atoms with Crippen LogP contribution in [0.1, 0.15) is 0 Å². The Bertz CT molecular complexity index is 461. The van der Waals surface area contributed by atoms with Crippen LogP contribution in [0.25, 0.3) is 0 Å². The van der Waals surface area contributed by atoms with E-state index in [4.69, 9.17) is 5.73 Å². The molecule has 1 aliphatic heterocycles. The second kappa shape index (κ2) is 4.58. The summed E-state index contributed by atoms with van der Waals surface area (Å²) in [5.74, 6) is 0.0546. The topological polar surface area (TPSA) is 62.4 Å². The van der Waals surface area contributed by atoms with E-state index in [9.17, 15) is 4.39 Å². The molecule has 2 rings (SSSR count). The smallest absolute Gasteiger partial charge is 0.196 e. The van der Waals surface area contributed by atoms with Crippen LogP contribution < -0.4 is 16.4 Å². The zero-order chi connectivity index (χ0) is 11.7. The van der Waals surface area contributed by atoms with Gasteiger partial charge in [-0.2, -0.15) is 0 Å². The molecule has 0 saturated heterocycles. The van der Waals surface area contributed by atoms with Crippen molar-refractivity contribution in [1.29, 1.82) is 0 Å². The molecule has 4 N–H and O–H groups in total. The average molecular weight is 352 g/mol. The van der Waals surface area contributed by atoms with Gasteiger partial charge in [-0.15, -0.1) is 0 Å². The molecule has 1 aromatic carbocycles. The number of aliphatic imine (C=N–C) groups is 1. The molecular formula is C9H9Br2FN4. The van der Waals surface area contributed by atoms with Crippen LogP contribution >= 0.6 is 31.9 Å². The summed E-state index contributed by atoms with van der Waals surface area (Å²) in [6.07, 6.45) is 0. The van der Waals surface area contributed by atoms with Crippen molar-refractivity contribution in [3.05, 3.63) is 20.8 Å². The number of nitrogens with one attached hydrogen (secondary N) is 2. The van der Waals surface area contributed by atoms with Crippen molar-refractivity contribution in [2.75, 3.05) is 24.1 Å². The summed E-state index contributed by atoms with van der Waals surface area (Å²) in [6, 6.07) is 1.69. The Labute approximate surface area is 109 Å². The van der Waals surface area contributed by atoms with E-state index >= 15 is 0 Å². The number of rotatable bonds is 1. The first-order valence-electron chi connectivity index (χ1n) is 4.58. The SMILES string of the molecule is Nc1c(Br)cc(Br)c(NC2=NCCN2)c1F. The highest BCUT2D eigenvalue weighted by atomic mass is 79.9. The molecule has 0 spiro atoms. The predicted molar refractivity (Wildman–Crippen MR) is 70.1 cm³/mol. The molecule has 0 aliphatic carbocycles. The van der Waals surface area contributed by atoms with Crippen molar-refractivity contribution in [3.8, 4) is 0 Å². The summed E-state index contributed by atoms with van der Waals surface area (Å²) >= 11 is 6.44. The van der Waals surface area contributed by atoms with E-state index in [0.717, 1.165) is 6.54 Å². The molecule has 0 saturated carbocycles. The maximum absolute atomic E-state index is 13.8. The quantitative estimate of drug-likeness (QED) is 0.680. The summed E-state index contributed by atoms with van der Waals surface area (Å²) < 4.78 is 14.9. The van der Waals surface area contributed by atoms with E-state index in [-0.39, 0.29) is 11.4 Å². The molecular weight excluding hydrogens is 343 g/mol. The Balaban J connectivity index is 2.36. The van der Waals surface area contributed by atoms with Crippen molar-refractivity contribution < 1.29 is 4.39 Å². The number of hydrogen-bond donors (Lipinski definition) is 3. The van der Waals surface area contributed by atoms with Gasteiger partial charge in [0.25, 0.3) is 0 Å². The molecule has 1 aromatic rings. The molecule has 86 valence electrons. The first-order valence-corrected chi connectivity index (χ1v) is 6.16. The van der Waals surface area contributed by atoms with Crippen LogP contribution in [0.15, 0.2) is 20.0 Å². The number of guanidine groups is 1. The van der Waals surface area contributed by atoms with Gasteiger partial charge in [-0.1, -0.05) is 0 Å². The van der Waals surface area contributed by atoms with E-state index < -0.39 is 5.82 Å². The fraction of sp³-hybridized carbons (Fsp3) is 0.222. The van der Waals surface area contributed by atoms with Crippen LogP contribution in [-0.2, 0) is 0 Å². The lowest BCUT2D eigenvalue weighted by molar-refractivity contribution is 0.635. The lowest BCUT2D eigenvalue weighted by Gasteiger charge is -2.12. The normalized spacial score (nSPS) is 14.6. The van der Waals surface area contributed by atoms with Gasteiger partial charge < -0.3 is 16.4 Å². The molecule has 0 atom stereocenters. The highest BCUT2D eigenvalue weighted by Gasteiger charge is 2.16. The lowest BCUT2D eigenvalue weighted by Crippen LogP contribution is -2.27. The third kappa shape index (κ3) is 2.15. The summed E-state index contributed by atoms with van der Waals surface area (Å²) in [6.45, 7) is 1.45. The number of nitrogen functional groups attached to an aromatic ring is 1. The Kier molecular flexibility index (Phi) is 3.34. The standard InChI is InChI=1S/C9H9Br2FN4/c10-4-3-5(11)8(6(12)7(4)13)16-9-14-1-2-15-9/h3H,1-2,13H2,(H2,14,15,16). The minimum absolute atomic E-state index is 0.0734. The van der Waals surface area contributed by atoms with Gasteiger partial charge in [-0.25, -0.2) is 4.39 Å². The van der Waals surface area contributed by atoms with Crippen molar-refractivity contribution in [2.24, 2.45) is 4.99 Å². The molecule has 0 fully saturated rings. The Morgan fingerprint density at radius 3 is 2.81 bits per heavy atom. The van der Waals surface area contributed by atoms with Gasteiger partial charge in [0.1, 0.15) is 0 Å². The van der Waals surface area contributed by atoms with E-state index in [2.05, 4.69) is 47.5 Å². The molecule has 0 unspecified atom stereocenters. The predicted octanol–water partition coefficient (Wildman–Crippen LogP) is 2.30. The van der Waals surface area contributed by atoms with E-state index in [1.807, 2.05) is 0 Å². The molecule has 16 heavy (non-hydrogen) atoms. The first kappa shape index (κ1) is 11.7. The van der Waals surface area contributed by atoms with Crippen molar-refractivity contribution >= 4 is 49.2 Å². The monoisotopic (exact) mass is 350 g/mol. The average Bonchev–Trinajstić information content (AvgIpc) is 2.74. The number of halogens is 3. The fourth-order valence-electron chi connectivity index (χ4n) is 1.32. The molecule has 0 amide bonds. The van der Waals surface area contributed by atoms with Crippen LogP contribution in [0.2, 0.25) is 0 Å². The first-order chi connectivity index (χ1) is 7.59. The minimum Gasteiger partial charge on any atom is -0.395 e. The third-order valence-corrected chi connectivity index (χ3v) is 3.40. The van der Waals surface area contributed by atoms with Crippen LogP contribution in [0, 0.1) is 5.82 Å². The number of nitrogens with two attached hydrogens (primary N) is 1. The van der Waals surface area contributed by atoms with Gasteiger partial charge in [-0.05, 0) is 37.9 Å². The van der Waals surface area contributed by atoms with Crippen molar-refractivity contribution in [3.63, 3.8) is 0 Å². The number of nitrogens with zero attached hydrogens (tertiary/aromatic N) is 1. The van der Waals surface area contributed by atoms with Gasteiger partial charge in [0.05, 0.1) is 17.9 Å². The highest BCUT2D eigenvalue weighted by Crippen LogP contribution is 2.35. The van der Waals surface area contributed by atoms with Gasteiger partial charge in [-0.3, -0.25) is 4.99 Å². The van der Waals surface area contributed by atoms with Crippen LogP contribution in [0.5, 0.6) is 0 Å². The Hall–Kier alpha value is -0.820. The van der Waals surface area contributed by atoms with E-state index in [1.54, 1.807) is 6.07 Å². The molecule has 1 aliphatic rings. The van der Waals surface area contributed by atoms with Crippen molar-refractivity contribution in [2.45, 2.75) is 0 Å². The highest BCUT2D eigenvalue weighted by molar-refractivity contribution is 9.11. The molecule has 1 heterocycles. The van der Waals surface area contributed by atoms with E-state index in [0.29, 0.717) is 21.4 Å². The van der Waals surface area contributed by atoms with Crippen LogP contribution in [-0.4, -0.2) is 19.0 Å².